The minimum Gasteiger partial charge on any atom is -0.351 e. The van der Waals surface area contributed by atoms with Gasteiger partial charge in [0.25, 0.3) is 5.91 Å². The molecule has 0 fully saturated rings. The van der Waals surface area contributed by atoms with E-state index >= 15 is 0 Å². The largest absolute Gasteiger partial charge is 0.351 e. The quantitative estimate of drug-likeness (QED) is 0.0293. The van der Waals surface area contributed by atoms with Gasteiger partial charge in [-0.2, -0.15) is 12.6 Å². The summed E-state index contributed by atoms with van der Waals surface area (Å²) in [7, 11) is 0. The SMILES string of the molecule is CCCCCCc1ccc(-c2cc(-c3cc(C(=O)NCCCCCCCCCCCS)sc3-c3cc(-c4ccc(CCCCCC)s4)c(-c4ccc(CCCCCC)s4)s3)sc2-c2ccc(CCCCCC)s2)s1. The summed E-state index contributed by atoms with van der Waals surface area (Å²) in [5.41, 5.74) is 3.89. The lowest BCUT2D eigenvalue weighted by atomic mass is 10.1. The third kappa shape index (κ3) is 18.1. The van der Waals surface area contributed by atoms with Crippen molar-refractivity contribution in [3.05, 3.63) is 91.1 Å². The number of nitrogens with one attached hydrogen (secondary N) is 1. The summed E-state index contributed by atoms with van der Waals surface area (Å²) in [5.74, 6) is 1.07. The lowest BCUT2D eigenvalue weighted by molar-refractivity contribution is 0.0957. The molecular weight excluding hydrogens is 1060 g/mol. The minimum atomic E-state index is 0.0644. The number of thiol groups is 1. The Morgan fingerprint density at radius 2 is 0.716 bits per heavy atom. The molecule has 0 radical (unpaired) electrons. The molecule has 7 aromatic heterocycles. The highest BCUT2D eigenvalue weighted by Gasteiger charge is 2.26. The second-order valence-corrected chi connectivity index (χ2v) is 28.8. The summed E-state index contributed by atoms with van der Waals surface area (Å²) < 4.78 is 0. The van der Waals surface area contributed by atoms with Crippen LogP contribution in [0.5, 0.6) is 0 Å². The molecule has 0 aliphatic rings. The second kappa shape index (κ2) is 33.2. The van der Waals surface area contributed by atoms with Crippen molar-refractivity contribution in [3.8, 4) is 60.6 Å². The van der Waals surface area contributed by atoms with Gasteiger partial charge in [0.1, 0.15) is 0 Å². The number of carbonyl (C=O) groups excluding carboxylic acids is 1. The Hall–Kier alpha value is -2.28. The maximum absolute atomic E-state index is 14.4. The van der Waals surface area contributed by atoms with E-state index in [0.29, 0.717) is 0 Å². The van der Waals surface area contributed by atoms with Crippen LogP contribution in [0.25, 0.3) is 60.6 Å². The summed E-state index contributed by atoms with van der Waals surface area (Å²) >= 11 is 17.9. The maximum Gasteiger partial charge on any atom is 0.261 e. The smallest absolute Gasteiger partial charge is 0.261 e. The van der Waals surface area contributed by atoms with E-state index in [2.05, 4.69) is 112 Å². The Labute approximate surface area is 481 Å². The molecule has 0 aliphatic carbocycles. The summed E-state index contributed by atoms with van der Waals surface area (Å²) in [4.78, 5) is 33.1. The van der Waals surface area contributed by atoms with Crippen LogP contribution in [0.4, 0.5) is 0 Å². The fourth-order valence-corrected chi connectivity index (χ4v) is 18.4. The van der Waals surface area contributed by atoms with Crippen molar-refractivity contribution >= 4 is 97.9 Å². The molecule has 7 heterocycles. The third-order valence-corrected chi connectivity index (χ3v) is 23.2. The summed E-state index contributed by atoms with van der Waals surface area (Å²) in [6.45, 7) is 9.92. The molecule has 1 amide bonds. The van der Waals surface area contributed by atoms with Crippen molar-refractivity contribution in [2.75, 3.05) is 12.3 Å². The molecule has 402 valence electrons. The van der Waals surface area contributed by atoms with E-state index in [1.165, 1.54) is 228 Å². The van der Waals surface area contributed by atoms with Crippen molar-refractivity contribution in [3.63, 3.8) is 0 Å². The van der Waals surface area contributed by atoms with Crippen molar-refractivity contribution < 1.29 is 4.79 Å². The Bertz CT molecular complexity index is 2360. The molecule has 0 saturated heterocycles. The van der Waals surface area contributed by atoms with Gasteiger partial charge >= 0.3 is 0 Å². The molecule has 2 nitrogen and oxygen atoms in total. The van der Waals surface area contributed by atoms with Gasteiger partial charge in [-0.25, -0.2) is 0 Å². The zero-order valence-electron chi connectivity index (χ0n) is 45.5. The zero-order chi connectivity index (χ0) is 51.7. The van der Waals surface area contributed by atoms with Gasteiger partial charge < -0.3 is 5.32 Å². The normalized spacial score (nSPS) is 11.7. The molecule has 10 heteroatoms. The maximum atomic E-state index is 14.4. The van der Waals surface area contributed by atoms with E-state index in [-0.39, 0.29) is 5.91 Å². The molecule has 0 aliphatic heterocycles. The number of carbonyl (C=O) groups is 1. The van der Waals surface area contributed by atoms with E-state index in [0.717, 1.165) is 55.7 Å². The van der Waals surface area contributed by atoms with Gasteiger partial charge in [0, 0.05) is 72.0 Å². The van der Waals surface area contributed by atoms with Crippen LogP contribution in [0, 0.1) is 0 Å². The number of amides is 1. The Morgan fingerprint density at radius 3 is 1.16 bits per heavy atom. The van der Waals surface area contributed by atoms with Crippen LogP contribution in [0.15, 0.2) is 66.7 Å². The lowest BCUT2D eigenvalue weighted by Gasteiger charge is -2.04. The van der Waals surface area contributed by atoms with E-state index in [1.807, 2.05) is 68.0 Å². The Kier molecular flexibility index (Phi) is 26.7. The van der Waals surface area contributed by atoms with Gasteiger partial charge in [-0.1, -0.05) is 150 Å². The van der Waals surface area contributed by atoms with Gasteiger partial charge in [-0.3, -0.25) is 4.79 Å². The highest BCUT2D eigenvalue weighted by Crippen LogP contribution is 2.54. The number of rotatable bonds is 38. The van der Waals surface area contributed by atoms with Crippen LogP contribution in [0.3, 0.4) is 0 Å². The molecule has 74 heavy (non-hydrogen) atoms. The van der Waals surface area contributed by atoms with Crippen LogP contribution >= 0.6 is 92.0 Å². The Morgan fingerprint density at radius 1 is 0.365 bits per heavy atom. The molecule has 0 bridgehead atoms. The zero-order valence-corrected chi connectivity index (χ0v) is 52.1. The van der Waals surface area contributed by atoms with E-state index in [9.17, 15) is 4.79 Å². The van der Waals surface area contributed by atoms with Crippen molar-refractivity contribution in [2.24, 2.45) is 0 Å². The monoisotopic (exact) mass is 1140 g/mol. The van der Waals surface area contributed by atoms with Gasteiger partial charge in [0.2, 0.25) is 0 Å². The van der Waals surface area contributed by atoms with Crippen LogP contribution in [-0.2, 0) is 25.7 Å². The predicted octanol–water partition coefficient (Wildman–Crippen LogP) is 23.8. The van der Waals surface area contributed by atoms with E-state index < -0.39 is 0 Å². The van der Waals surface area contributed by atoms with E-state index in [1.54, 1.807) is 11.3 Å². The topological polar surface area (TPSA) is 29.1 Å². The predicted molar refractivity (Wildman–Crippen MR) is 343 cm³/mol. The first-order valence-corrected chi connectivity index (χ1v) is 35.4. The summed E-state index contributed by atoms with van der Waals surface area (Å²) in [6.07, 6.45) is 36.4. The number of thiophene rings is 7. The van der Waals surface area contributed by atoms with Gasteiger partial charge in [-0.15, -0.1) is 79.4 Å². The first kappa shape index (κ1) is 59.4. The summed E-state index contributed by atoms with van der Waals surface area (Å²) in [6, 6.07) is 26.4. The third-order valence-electron chi connectivity index (χ3n) is 14.3. The fraction of sp³-hybridized carbons (Fsp3) is 0.547. The van der Waals surface area contributed by atoms with Crippen molar-refractivity contribution in [1.29, 1.82) is 0 Å². The standard InChI is InChI=1S/C64H87NOS8/c1-5-9-13-24-30-47-34-38-54(68-47)51-44-58(72-61(51)56-40-36-49(70-56)32-26-15-11-7-3)53-46-60(64(66)65-42-28-22-20-18-17-19-21-23-29-43-67)74-63(53)59-45-52(55-39-35-48(69-55)31-25-14-10-6-2)62(73-59)57-41-37-50(71-57)33-27-16-12-8-4/h34-41,44-46,67H,5-33,42-43H2,1-4H3,(H,65,66). The fourth-order valence-electron chi connectivity index (χ4n) is 9.88. The van der Waals surface area contributed by atoms with Crippen LogP contribution < -0.4 is 5.32 Å². The average molecular weight is 1140 g/mol. The van der Waals surface area contributed by atoms with Gasteiger partial charge in [0.15, 0.2) is 0 Å². The molecular formula is C64H87NOS8. The number of aryl methyl sites for hydroxylation is 4. The van der Waals surface area contributed by atoms with Gasteiger partial charge in [-0.05, 0) is 137 Å². The van der Waals surface area contributed by atoms with Crippen molar-refractivity contribution in [1.82, 2.24) is 5.32 Å². The first-order valence-electron chi connectivity index (χ1n) is 29.1. The van der Waals surface area contributed by atoms with Gasteiger partial charge in [0.05, 0.1) is 19.5 Å². The summed E-state index contributed by atoms with van der Waals surface area (Å²) in [5, 5.41) is 3.39. The number of hydrogen-bond donors (Lipinski definition) is 2. The second-order valence-electron chi connectivity index (χ2n) is 20.5. The minimum absolute atomic E-state index is 0.0644. The lowest BCUT2D eigenvalue weighted by Crippen LogP contribution is -2.23. The molecule has 0 aromatic carbocycles. The molecule has 0 spiro atoms. The van der Waals surface area contributed by atoms with Crippen LogP contribution in [0.2, 0.25) is 0 Å². The number of unbranched alkanes of at least 4 members (excludes halogenated alkanes) is 20. The Balaban J connectivity index is 1.25. The molecule has 7 aromatic rings. The number of hydrogen-bond acceptors (Lipinski definition) is 9. The highest BCUT2D eigenvalue weighted by molar-refractivity contribution is 7.80. The molecule has 0 atom stereocenters. The molecule has 0 unspecified atom stereocenters. The average Bonchev–Trinajstić information content (AvgIpc) is 4.28. The van der Waals surface area contributed by atoms with Crippen molar-refractivity contribution in [2.45, 2.75) is 214 Å². The van der Waals surface area contributed by atoms with E-state index in [4.69, 9.17) is 0 Å². The molecule has 0 saturated carbocycles. The molecule has 1 N–H and O–H groups in total. The van der Waals surface area contributed by atoms with Crippen LogP contribution in [-0.4, -0.2) is 18.2 Å². The molecule has 7 rings (SSSR count). The van der Waals surface area contributed by atoms with Crippen LogP contribution in [0.1, 0.15) is 217 Å². The first-order chi connectivity index (χ1) is 36.4. The highest BCUT2D eigenvalue weighted by atomic mass is 32.1.